The Hall–Kier alpha value is -4.19. The molecule has 0 atom stereocenters. The molecule has 1 fully saturated rings. The molecule has 1 aromatic heterocycles. The molecular formula is C25H21FN4O4. The predicted molar refractivity (Wildman–Crippen MR) is 120 cm³/mol. The van der Waals surface area contributed by atoms with Crippen LogP contribution in [0.25, 0.3) is 5.69 Å². The van der Waals surface area contributed by atoms with Crippen molar-refractivity contribution < 1.29 is 23.5 Å². The van der Waals surface area contributed by atoms with Gasteiger partial charge in [-0.3, -0.25) is 4.79 Å². The first-order chi connectivity index (χ1) is 16.4. The Balaban J connectivity index is 1.70. The van der Waals surface area contributed by atoms with Crippen LogP contribution in [0.3, 0.4) is 0 Å². The van der Waals surface area contributed by atoms with Crippen LogP contribution in [-0.2, 0) is 10.2 Å². The summed E-state index contributed by atoms with van der Waals surface area (Å²) in [5, 5.41) is 13.6. The van der Waals surface area contributed by atoms with E-state index in [1.54, 1.807) is 42.2 Å². The van der Waals surface area contributed by atoms with Crippen LogP contribution >= 0.6 is 0 Å². The molecule has 2 aliphatic rings. The van der Waals surface area contributed by atoms with Gasteiger partial charge in [-0.15, -0.1) is 0 Å². The monoisotopic (exact) mass is 460 g/mol. The number of methoxy groups -OCH3 is 1. The van der Waals surface area contributed by atoms with Gasteiger partial charge >= 0.3 is 5.97 Å². The zero-order chi connectivity index (χ0) is 24.0. The lowest BCUT2D eigenvalue weighted by Crippen LogP contribution is -2.44. The van der Waals surface area contributed by atoms with E-state index >= 15 is 0 Å². The highest BCUT2D eigenvalue weighted by Gasteiger charge is 2.56. The first-order valence-electron chi connectivity index (χ1n) is 10.9. The first kappa shape index (κ1) is 21.6. The summed E-state index contributed by atoms with van der Waals surface area (Å²) in [7, 11) is 1.36. The molecule has 0 saturated heterocycles. The van der Waals surface area contributed by atoms with Crippen molar-refractivity contribution in [2.75, 3.05) is 25.2 Å². The fourth-order valence-corrected chi connectivity index (χ4v) is 4.50. The number of anilines is 1. The van der Waals surface area contributed by atoms with Gasteiger partial charge < -0.3 is 14.4 Å². The van der Waals surface area contributed by atoms with Crippen molar-refractivity contribution in [1.29, 1.82) is 5.26 Å². The average molecular weight is 460 g/mol. The van der Waals surface area contributed by atoms with Crippen LogP contribution < -0.4 is 9.64 Å². The largest absolute Gasteiger partial charge is 0.494 e. The number of hydrogen-bond acceptors (Lipinski definition) is 6. The Morgan fingerprint density at radius 2 is 1.91 bits per heavy atom. The molecule has 1 spiro atoms. The van der Waals surface area contributed by atoms with Gasteiger partial charge in [0.2, 0.25) is 0 Å². The van der Waals surface area contributed by atoms with Crippen LogP contribution in [-0.4, -0.2) is 41.9 Å². The Morgan fingerprint density at radius 1 is 1.21 bits per heavy atom. The lowest BCUT2D eigenvalue weighted by Gasteiger charge is -2.33. The standard InChI is InChI=1S/C25H21FN4O4/c1-3-34-24(32)21-20-22(30(28-21)17-8-9-19(33-2)18(26)12-17)23(31)29(14-25(20)10-11-25)16-6-4-15(13-27)5-7-16/h4-9,12H,3,10-11,14H2,1-2H3. The zero-order valence-corrected chi connectivity index (χ0v) is 18.7. The van der Waals surface area contributed by atoms with E-state index in [2.05, 4.69) is 11.2 Å². The van der Waals surface area contributed by atoms with E-state index in [9.17, 15) is 14.0 Å². The van der Waals surface area contributed by atoms with Crippen LogP contribution in [0.1, 0.15) is 51.9 Å². The molecule has 1 saturated carbocycles. The summed E-state index contributed by atoms with van der Waals surface area (Å²) in [6, 6.07) is 13.1. The molecule has 172 valence electrons. The van der Waals surface area contributed by atoms with E-state index in [0.717, 1.165) is 12.8 Å². The molecule has 9 heteroatoms. The van der Waals surface area contributed by atoms with Crippen molar-refractivity contribution in [2.24, 2.45) is 0 Å². The molecule has 0 unspecified atom stereocenters. The SMILES string of the molecule is CCOC(=O)c1nn(-c2ccc(OC)c(F)c2)c2c1C1(CC1)CN(c1ccc(C#N)cc1)C2=O. The summed E-state index contributed by atoms with van der Waals surface area (Å²) in [5.74, 6) is -1.54. The molecule has 1 aliphatic heterocycles. The number of esters is 1. The highest BCUT2D eigenvalue weighted by Crippen LogP contribution is 2.54. The van der Waals surface area contributed by atoms with Gasteiger partial charge in [0.05, 0.1) is 31.0 Å². The van der Waals surface area contributed by atoms with Crippen LogP contribution in [0, 0.1) is 17.1 Å². The van der Waals surface area contributed by atoms with Gasteiger partial charge in [0.15, 0.2) is 17.3 Å². The van der Waals surface area contributed by atoms with E-state index in [-0.39, 0.29) is 35.3 Å². The third-order valence-electron chi connectivity index (χ3n) is 6.33. The van der Waals surface area contributed by atoms with Gasteiger partial charge in [-0.05, 0) is 56.2 Å². The minimum Gasteiger partial charge on any atom is -0.494 e. The molecule has 1 amide bonds. The number of benzene rings is 2. The number of carbonyl (C=O) groups is 2. The van der Waals surface area contributed by atoms with Gasteiger partial charge in [0, 0.05) is 29.3 Å². The molecule has 2 aromatic carbocycles. The Bertz CT molecular complexity index is 1350. The molecule has 0 radical (unpaired) electrons. The summed E-state index contributed by atoms with van der Waals surface area (Å²) < 4.78 is 26.1. The van der Waals surface area contributed by atoms with E-state index in [1.807, 2.05) is 0 Å². The van der Waals surface area contributed by atoms with Crippen LogP contribution in [0.2, 0.25) is 0 Å². The lowest BCUT2D eigenvalue weighted by atomic mass is 9.88. The van der Waals surface area contributed by atoms with Crippen molar-refractivity contribution >= 4 is 17.6 Å². The number of fused-ring (bicyclic) bond motifs is 2. The van der Waals surface area contributed by atoms with E-state index < -0.39 is 17.2 Å². The number of aromatic nitrogens is 2. The van der Waals surface area contributed by atoms with Crippen molar-refractivity contribution in [1.82, 2.24) is 9.78 Å². The molecule has 34 heavy (non-hydrogen) atoms. The second kappa shape index (κ2) is 7.99. The maximum atomic E-state index is 14.5. The van der Waals surface area contributed by atoms with E-state index in [0.29, 0.717) is 23.4 Å². The summed E-state index contributed by atoms with van der Waals surface area (Å²) in [6.07, 6.45) is 1.55. The molecular weight excluding hydrogens is 439 g/mol. The van der Waals surface area contributed by atoms with E-state index in [1.165, 1.54) is 23.9 Å². The predicted octanol–water partition coefficient (Wildman–Crippen LogP) is 3.76. The van der Waals surface area contributed by atoms with Crippen molar-refractivity contribution in [3.05, 3.63) is 70.8 Å². The highest BCUT2D eigenvalue weighted by atomic mass is 19.1. The van der Waals surface area contributed by atoms with Crippen molar-refractivity contribution in [2.45, 2.75) is 25.2 Å². The van der Waals surface area contributed by atoms with Gasteiger partial charge in [0.25, 0.3) is 5.91 Å². The number of halogens is 1. The smallest absolute Gasteiger partial charge is 0.359 e. The second-order valence-electron chi connectivity index (χ2n) is 8.35. The summed E-state index contributed by atoms with van der Waals surface area (Å²) in [6.45, 7) is 2.24. The zero-order valence-electron chi connectivity index (χ0n) is 18.7. The Morgan fingerprint density at radius 3 is 2.50 bits per heavy atom. The average Bonchev–Trinajstić information content (AvgIpc) is 3.49. The van der Waals surface area contributed by atoms with Crippen LogP contribution in [0.15, 0.2) is 42.5 Å². The number of hydrogen-bond donors (Lipinski definition) is 0. The van der Waals surface area contributed by atoms with Crippen molar-refractivity contribution in [3.63, 3.8) is 0 Å². The summed E-state index contributed by atoms with van der Waals surface area (Å²) >= 11 is 0. The number of carbonyl (C=O) groups excluding carboxylic acids is 2. The molecule has 0 N–H and O–H groups in total. The Labute approximate surface area is 195 Å². The highest BCUT2D eigenvalue weighted by molar-refractivity contribution is 6.10. The quantitative estimate of drug-likeness (QED) is 0.538. The molecule has 1 aliphatic carbocycles. The first-order valence-corrected chi connectivity index (χ1v) is 10.9. The number of amides is 1. The molecule has 3 aromatic rings. The minimum atomic E-state index is -0.615. The third-order valence-corrected chi connectivity index (χ3v) is 6.33. The number of nitriles is 1. The van der Waals surface area contributed by atoms with Gasteiger partial charge in [-0.25, -0.2) is 13.9 Å². The van der Waals surface area contributed by atoms with Gasteiger partial charge in [-0.2, -0.15) is 10.4 Å². The number of ether oxygens (including phenoxy) is 2. The third kappa shape index (κ3) is 3.30. The molecule has 8 nitrogen and oxygen atoms in total. The summed E-state index contributed by atoms with van der Waals surface area (Å²) in [5.41, 5.74) is 1.81. The fourth-order valence-electron chi connectivity index (χ4n) is 4.50. The molecule has 5 rings (SSSR count). The molecule has 0 bridgehead atoms. The van der Waals surface area contributed by atoms with Crippen molar-refractivity contribution in [3.8, 4) is 17.5 Å². The minimum absolute atomic E-state index is 0.0552. The van der Waals surface area contributed by atoms with Crippen LogP contribution in [0.4, 0.5) is 10.1 Å². The van der Waals surface area contributed by atoms with Crippen LogP contribution in [0.5, 0.6) is 5.75 Å². The lowest BCUT2D eigenvalue weighted by molar-refractivity contribution is 0.0516. The second-order valence-corrected chi connectivity index (χ2v) is 8.35. The van der Waals surface area contributed by atoms with Gasteiger partial charge in [-0.1, -0.05) is 0 Å². The topological polar surface area (TPSA) is 97.4 Å². The number of rotatable bonds is 5. The number of nitrogens with zero attached hydrogens (tertiary/aromatic N) is 4. The maximum absolute atomic E-state index is 14.5. The normalized spacial score (nSPS) is 15.6. The van der Waals surface area contributed by atoms with E-state index in [4.69, 9.17) is 14.7 Å². The molecule has 2 heterocycles. The van der Waals surface area contributed by atoms with Gasteiger partial charge in [0.1, 0.15) is 5.69 Å². The Kier molecular flexibility index (Phi) is 5.09. The summed E-state index contributed by atoms with van der Waals surface area (Å²) in [4.78, 5) is 28.3. The maximum Gasteiger partial charge on any atom is 0.359 e. The fraction of sp³-hybridized carbons (Fsp3) is 0.280.